The second kappa shape index (κ2) is 3.78. The molecule has 0 radical (unpaired) electrons. The summed E-state index contributed by atoms with van der Waals surface area (Å²) in [6, 6.07) is 2.17. The molecule has 1 unspecified atom stereocenters. The van der Waals surface area contributed by atoms with Gasteiger partial charge in [0.2, 0.25) is 0 Å². The number of carbonyl (C=O) groups excluding carboxylic acids is 1. The van der Waals surface area contributed by atoms with Gasteiger partial charge in [-0.05, 0) is 40.3 Å². The molecular formula is C11H13BrOS. The lowest BCUT2D eigenvalue weighted by Crippen LogP contribution is -2.14. The molecule has 1 saturated carbocycles. The molecule has 1 heterocycles. The summed E-state index contributed by atoms with van der Waals surface area (Å²) in [6.07, 6.45) is 3.65. The normalized spacial score (nSPS) is 27.1. The first-order valence-corrected chi connectivity index (χ1v) is 6.49. The van der Waals surface area contributed by atoms with Crippen molar-refractivity contribution in [3.05, 3.63) is 20.8 Å². The largest absolute Gasteiger partial charge is 0.300 e. The zero-order valence-corrected chi connectivity index (χ0v) is 10.6. The number of rotatable bonds is 2. The van der Waals surface area contributed by atoms with Crippen LogP contribution >= 0.6 is 27.3 Å². The molecule has 0 saturated heterocycles. The van der Waals surface area contributed by atoms with E-state index < -0.39 is 0 Å². The fraction of sp³-hybridized carbons (Fsp3) is 0.545. The van der Waals surface area contributed by atoms with E-state index in [1.165, 1.54) is 4.88 Å². The van der Waals surface area contributed by atoms with E-state index in [9.17, 15) is 4.79 Å². The maximum Gasteiger partial charge on any atom is 0.133 e. The summed E-state index contributed by atoms with van der Waals surface area (Å²) in [6.45, 7) is 2.23. The third-order valence-corrected chi connectivity index (χ3v) is 4.55. The lowest BCUT2D eigenvalue weighted by atomic mass is 9.84. The van der Waals surface area contributed by atoms with Crippen molar-refractivity contribution in [1.29, 1.82) is 0 Å². The highest BCUT2D eigenvalue weighted by Gasteiger charge is 2.34. The van der Waals surface area contributed by atoms with E-state index in [-0.39, 0.29) is 5.41 Å². The minimum absolute atomic E-state index is 0.224. The van der Waals surface area contributed by atoms with Crippen LogP contribution in [0.15, 0.2) is 15.9 Å². The summed E-state index contributed by atoms with van der Waals surface area (Å²) in [5, 5.41) is 2.11. The predicted molar refractivity (Wildman–Crippen MR) is 62.7 cm³/mol. The van der Waals surface area contributed by atoms with Crippen LogP contribution in [0.1, 0.15) is 31.1 Å². The molecule has 1 aliphatic carbocycles. The zero-order valence-electron chi connectivity index (χ0n) is 8.18. The standard InChI is InChI=1S/C11H13BrOS/c1-11(3-2-9(13)5-11)6-10-4-8(12)7-14-10/h4,7H,2-3,5-6H2,1H3. The Morgan fingerprint density at radius 3 is 2.93 bits per heavy atom. The van der Waals surface area contributed by atoms with Gasteiger partial charge in [-0.25, -0.2) is 0 Å². The fourth-order valence-corrected chi connectivity index (χ4v) is 3.78. The maximum absolute atomic E-state index is 11.2. The molecule has 0 bridgehead atoms. The molecule has 76 valence electrons. The van der Waals surface area contributed by atoms with Crippen molar-refractivity contribution in [2.75, 3.05) is 0 Å². The van der Waals surface area contributed by atoms with Crippen LogP contribution in [0.3, 0.4) is 0 Å². The number of carbonyl (C=O) groups is 1. The molecule has 0 aromatic carbocycles. The van der Waals surface area contributed by atoms with Gasteiger partial charge in [0.1, 0.15) is 5.78 Å². The van der Waals surface area contributed by atoms with E-state index in [4.69, 9.17) is 0 Å². The molecule has 1 aliphatic rings. The van der Waals surface area contributed by atoms with Crippen LogP contribution in [-0.2, 0) is 11.2 Å². The van der Waals surface area contributed by atoms with Gasteiger partial charge in [0.25, 0.3) is 0 Å². The SMILES string of the molecule is CC1(Cc2cc(Br)cs2)CCC(=O)C1. The van der Waals surface area contributed by atoms with Gasteiger partial charge in [0, 0.05) is 27.6 Å². The fourth-order valence-electron chi connectivity index (χ4n) is 2.11. The first-order chi connectivity index (χ1) is 6.57. The number of ketones is 1. The van der Waals surface area contributed by atoms with Crippen LogP contribution in [0.4, 0.5) is 0 Å². The van der Waals surface area contributed by atoms with Crippen LogP contribution in [0.2, 0.25) is 0 Å². The Morgan fingerprint density at radius 1 is 1.64 bits per heavy atom. The summed E-state index contributed by atoms with van der Waals surface area (Å²) in [7, 11) is 0. The van der Waals surface area contributed by atoms with Crippen molar-refractivity contribution in [3.63, 3.8) is 0 Å². The molecule has 2 rings (SSSR count). The Balaban J connectivity index is 2.07. The lowest BCUT2D eigenvalue weighted by Gasteiger charge is -2.21. The highest BCUT2D eigenvalue weighted by Crippen LogP contribution is 2.39. The van der Waals surface area contributed by atoms with E-state index in [0.29, 0.717) is 5.78 Å². The van der Waals surface area contributed by atoms with Gasteiger partial charge in [-0.1, -0.05) is 6.92 Å². The first-order valence-electron chi connectivity index (χ1n) is 4.82. The van der Waals surface area contributed by atoms with Gasteiger partial charge < -0.3 is 0 Å². The highest BCUT2D eigenvalue weighted by atomic mass is 79.9. The van der Waals surface area contributed by atoms with Crippen LogP contribution in [0.25, 0.3) is 0 Å². The molecule has 1 aromatic heterocycles. The van der Waals surface area contributed by atoms with Gasteiger partial charge in [-0.3, -0.25) is 4.79 Å². The predicted octanol–water partition coefficient (Wildman–Crippen LogP) is 3.81. The molecule has 14 heavy (non-hydrogen) atoms. The van der Waals surface area contributed by atoms with Crippen molar-refractivity contribution >= 4 is 33.0 Å². The first kappa shape index (κ1) is 10.4. The number of hydrogen-bond acceptors (Lipinski definition) is 2. The van der Waals surface area contributed by atoms with Crippen LogP contribution in [-0.4, -0.2) is 5.78 Å². The molecule has 1 fully saturated rings. The van der Waals surface area contributed by atoms with Gasteiger partial charge >= 0.3 is 0 Å². The molecule has 0 amide bonds. The molecule has 0 aliphatic heterocycles. The summed E-state index contributed by atoms with van der Waals surface area (Å²) >= 11 is 5.23. The van der Waals surface area contributed by atoms with E-state index >= 15 is 0 Å². The Morgan fingerprint density at radius 2 is 2.43 bits per heavy atom. The number of thiophene rings is 1. The monoisotopic (exact) mass is 272 g/mol. The van der Waals surface area contributed by atoms with Gasteiger partial charge in [0.05, 0.1) is 0 Å². The van der Waals surface area contributed by atoms with Crippen LogP contribution in [0.5, 0.6) is 0 Å². The summed E-state index contributed by atoms with van der Waals surface area (Å²) in [5.41, 5.74) is 0.224. The second-order valence-corrected chi connectivity index (χ2v) is 6.35. The summed E-state index contributed by atoms with van der Waals surface area (Å²) < 4.78 is 1.16. The third-order valence-electron chi connectivity index (χ3n) is 2.85. The van der Waals surface area contributed by atoms with Crippen LogP contribution in [0, 0.1) is 5.41 Å². The number of halogens is 1. The maximum atomic E-state index is 11.2. The molecule has 0 spiro atoms. The van der Waals surface area contributed by atoms with E-state index in [2.05, 4.69) is 34.3 Å². The van der Waals surface area contributed by atoms with Gasteiger partial charge in [0.15, 0.2) is 0 Å². The van der Waals surface area contributed by atoms with Crippen molar-refractivity contribution < 1.29 is 4.79 Å². The van der Waals surface area contributed by atoms with E-state index in [0.717, 1.165) is 30.2 Å². The van der Waals surface area contributed by atoms with Crippen molar-refractivity contribution in [2.45, 2.75) is 32.6 Å². The average Bonchev–Trinajstić information content (AvgIpc) is 2.60. The van der Waals surface area contributed by atoms with Crippen LogP contribution < -0.4 is 0 Å². The molecule has 1 aromatic rings. The Bertz CT molecular complexity index is 358. The van der Waals surface area contributed by atoms with E-state index in [1.54, 1.807) is 11.3 Å². The smallest absolute Gasteiger partial charge is 0.133 e. The molecular weight excluding hydrogens is 260 g/mol. The van der Waals surface area contributed by atoms with Gasteiger partial charge in [-0.15, -0.1) is 11.3 Å². The third kappa shape index (κ3) is 2.26. The number of Topliss-reactive ketones (excluding diaryl/α,β-unsaturated/α-hetero) is 1. The molecule has 3 heteroatoms. The Hall–Kier alpha value is -0.150. The topological polar surface area (TPSA) is 17.1 Å². The highest BCUT2D eigenvalue weighted by molar-refractivity contribution is 9.10. The molecule has 1 atom stereocenters. The lowest BCUT2D eigenvalue weighted by molar-refractivity contribution is -0.117. The Kier molecular flexibility index (Phi) is 2.80. The quantitative estimate of drug-likeness (QED) is 0.800. The second-order valence-electron chi connectivity index (χ2n) is 4.43. The zero-order chi connectivity index (χ0) is 10.2. The van der Waals surface area contributed by atoms with Crippen molar-refractivity contribution in [2.24, 2.45) is 5.41 Å². The number of hydrogen-bond donors (Lipinski definition) is 0. The summed E-state index contributed by atoms with van der Waals surface area (Å²) in [4.78, 5) is 12.6. The van der Waals surface area contributed by atoms with E-state index in [1.807, 2.05) is 0 Å². The van der Waals surface area contributed by atoms with Gasteiger partial charge in [-0.2, -0.15) is 0 Å². The van der Waals surface area contributed by atoms with Crippen molar-refractivity contribution in [3.8, 4) is 0 Å². The minimum atomic E-state index is 0.224. The minimum Gasteiger partial charge on any atom is -0.300 e. The molecule has 0 N–H and O–H groups in total. The summed E-state index contributed by atoms with van der Waals surface area (Å²) in [5.74, 6) is 0.433. The average molecular weight is 273 g/mol. The van der Waals surface area contributed by atoms with Crippen molar-refractivity contribution in [1.82, 2.24) is 0 Å². The molecule has 1 nitrogen and oxygen atoms in total. The Labute approximate surface area is 96.6 Å².